The SMILES string of the molecule is N#Cc1nccnc1N1CCN(Cc2cc3ccc(F)cc3[nH]c2=O)CC1. The number of halogens is 1. The van der Waals surface area contributed by atoms with Crippen molar-refractivity contribution in [3.8, 4) is 6.07 Å². The van der Waals surface area contributed by atoms with Gasteiger partial charge in [-0.1, -0.05) is 0 Å². The number of aromatic amines is 1. The van der Waals surface area contributed by atoms with E-state index in [2.05, 4.69) is 25.9 Å². The van der Waals surface area contributed by atoms with E-state index in [4.69, 9.17) is 0 Å². The summed E-state index contributed by atoms with van der Waals surface area (Å²) in [5.74, 6) is 0.230. The number of nitriles is 1. The second-order valence-corrected chi connectivity index (χ2v) is 6.46. The summed E-state index contributed by atoms with van der Waals surface area (Å²) in [7, 11) is 0. The monoisotopic (exact) mass is 364 g/mol. The summed E-state index contributed by atoms with van der Waals surface area (Å²) in [6.07, 6.45) is 3.09. The van der Waals surface area contributed by atoms with Gasteiger partial charge in [-0.3, -0.25) is 9.69 Å². The molecule has 7 nitrogen and oxygen atoms in total. The molecule has 1 aliphatic rings. The fourth-order valence-electron chi connectivity index (χ4n) is 3.34. The third-order valence-electron chi connectivity index (χ3n) is 4.74. The normalized spacial score (nSPS) is 15.0. The summed E-state index contributed by atoms with van der Waals surface area (Å²) in [5.41, 5.74) is 1.28. The van der Waals surface area contributed by atoms with Crippen LogP contribution in [0.4, 0.5) is 10.2 Å². The van der Waals surface area contributed by atoms with Gasteiger partial charge in [-0.2, -0.15) is 5.26 Å². The van der Waals surface area contributed by atoms with E-state index in [0.717, 1.165) is 18.5 Å². The Labute approximate surface area is 154 Å². The first kappa shape index (κ1) is 17.1. The van der Waals surface area contributed by atoms with Gasteiger partial charge in [0.15, 0.2) is 11.5 Å². The van der Waals surface area contributed by atoms with Gasteiger partial charge in [0.1, 0.15) is 11.9 Å². The van der Waals surface area contributed by atoms with Crippen LogP contribution in [0, 0.1) is 17.1 Å². The molecule has 3 aromatic rings. The van der Waals surface area contributed by atoms with E-state index in [0.29, 0.717) is 42.2 Å². The van der Waals surface area contributed by atoms with Gasteiger partial charge < -0.3 is 9.88 Å². The van der Waals surface area contributed by atoms with Crippen molar-refractivity contribution in [3.63, 3.8) is 0 Å². The number of pyridine rings is 1. The van der Waals surface area contributed by atoms with E-state index in [1.54, 1.807) is 12.3 Å². The zero-order valence-corrected chi connectivity index (χ0v) is 14.5. The summed E-state index contributed by atoms with van der Waals surface area (Å²) in [4.78, 5) is 27.6. The third kappa shape index (κ3) is 3.50. The van der Waals surface area contributed by atoms with Crippen molar-refractivity contribution in [2.24, 2.45) is 0 Å². The van der Waals surface area contributed by atoms with Gasteiger partial charge >= 0.3 is 0 Å². The van der Waals surface area contributed by atoms with E-state index in [9.17, 15) is 14.4 Å². The Balaban J connectivity index is 1.47. The summed E-state index contributed by atoms with van der Waals surface area (Å²) in [6.45, 7) is 3.39. The Hall–Kier alpha value is -3.31. The molecule has 1 N–H and O–H groups in total. The molecule has 0 atom stereocenters. The number of H-pyrrole nitrogens is 1. The molecule has 0 aliphatic carbocycles. The summed E-state index contributed by atoms with van der Waals surface area (Å²) in [6, 6.07) is 8.27. The molecule has 1 aliphatic heterocycles. The molecular weight excluding hydrogens is 347 g/mol. The van der Waals surface area contributed by atoms with E-state index in [1.807, 2.05) is 11.0 Å². The summed E-state index contributed by atoms with van der Waals surface area (Å²) < 4.78 is 13.3. The van der Waals surface area contributed by atoms with Crippen molar-refractivity contribution >= 4 is 16.7 Å². The van der Waals surface area contributed by atoms with Crippen LogP contribution in [0.5, 0.6) is 0 Å². The Morgan fingerprint density at radius 1 is 1.15 bits per heavy atom. The molecule has 0 saturated carbocycles. The highest BCUT2D eigenvalue weighted by atomic mass is 19.1. The van der Waals surface area contributed by atoms with Crippen molar-refractivity contribution in [1.82, 2.24) is 19.9 Å². The topological polar surface area (TPSA) is 88.9 Å². The Bertz CT molecular complexity index is 1080. The molecule has 8 heteroatoms. The Morgan fingerprint density at radius 2 is 1.93 bits per heavy atom. The van der Waals surface area contributed by atoms with Crippen LogP contribution in [0.1, 0.15) is 11.3 Å². The van der Waals surface area contributed by atoms with Crippen LogP contribution in [0.25, 0.3) is 10.9 Å². The molecule has 0 bridgehead atoms. The van der Waals surface area contributed by atoms with Crippen LogP contribution >= 0.6 is 0 Å². The first-order valence-electron chi connectivity index (χ1n) is 8.64. The molecule has 3 heterocycles. The predicted molar refractivity (Wildman–Crippen MR) is 98.8 cm³/mol. The number of aromatic nitrogens is 3. The van der Waals surface area contributed by atoms with E-state index >= 15 is 0 Å². The lowest BCUT2D eigenvalue weighted by atomic mass is 10.1. The predicted octanol–water partition coefficient (Wildman–Crippen LogP) is 1.65. The molecule has 0 amide bonds. The molecular formula is C19H17FN6O. The number of anilines is 1. The number of rotatable bonds is 3. The molecule has 2 aromatic heterocycles. The lowest BCUT2D eigenvalue weighted by Gasteiger charge is -2.35. The highest BCUT2D eigenvalue weighted by Gasteiger charge is 2.21. The zero-order valence-electron chi connectivity index (χ0n) is 14.5. The van der Waals surface area contributed by atoms with E-state index < -0.39 is 0 Å². The fraction of sp³-hybridized carbons (Fsp3) is 0.263. The van der Waals surface area contributed by atoms with Gasteiger partial charge in [0, 0.05) is 50.7 Å². The maximum atomic E-state index is 13.3. The van der Waals surface area contributed by atoms with Crippen molar-refractivity contribution in [2.75, 3.05) is 31.1 Å². The molecule has 1 fully saturated rings. The highest BCUT2D eigenvalue weighted by Crippen LogP contribution is 2.18. The lowest BCUT2D eigenvalue weighted by molar-refractivity contribution is 0.248. The van der Waals surface area contributed by atoms with Crippen LogP contribution in [0.3, 0.4) is 0 Å². The maximum Gasteiger partial charge on any atom is 0.252 e. The third-order valence-corrected chi connectivity index (χ3v) is 4.74. The first-order valence-corrected chi connectivity index (χ1v) is 8.64. The number of fused-ring (bicyclic) bond motifs is 1. The van der Waals surface area contributed by atoms with Gasteiger partial charge in [0.05, 0.1) is 5.52 Å². The second kappa shape index (κ2) is 7.13. The Kier molecular flexibility index (Phi) is 4.52. The van der Waals surface area contributed by atoms with Crippen LogP contribution in [0.15, 0.2) is 41.5 Å². The molecule has 1 saturated heterocycles. The average Bonchev–Trinajstić information content (AvgIpc) is 2.69. The first-order chi connectivity index (χ1) is 13.1. The van der Waals surface area contributed by atoms with Crippen LogP contribution in [0.2, 0.25) is 0 Å². The number of nitrogens with one attached hydrogen (secondary N) is 1. The molecule has 0 spiro atoms. The number of piperazine rings is 1. The smallest absolute Gasteiger partial charge is 0.252 e. The zero-order chi connectivity index (χ0) is 18.8. The van der Waals surface area contributed by atoms with E-state index in [1.165, 1.54) is 18.3 Å². The van der Waals surface area contributed by atoms with Crippen LogP contribution in [-0.2, 0) is 6.54 Å². The van der Waals surface area contributed by atoms with Gasteiger partial charge in [-0.25, -0.2) is 14.4 Å². The highest BCUT2D eigenvalue weighted by molar-refractivity contribution is 5.78. The lowest BCUT2D eigenvalue weighted by Crippen LogP contribution is -2.47. The van der Waals surface area contributed by atoms with Gasteiger partial charge in [-0.05, 0) is 29.7 Å². The molecule has 0 unspecified atom stereocenters. The number of nitrogens with zero attached hydrogens (tertiary/aromatic N) is 5. The van der Waals surface area contributed by atoms with Crippen LogP contribution in [-0.4, -0.2) is 46.0 Å². The second-order valence-electron chi connectivity index (χ2n) is 6.46. The van der Waals surface area contributed by atoms with Crippen molar-refractivity contribution < 1.29 is 4.39 Å². The number of hydrogen-bond donors (Lipinski definition) is 1. The fourth-order valence-corrected chi connectivity index (χ4v) is 3.34. The van der Waals surface area contributed by atoms with Gasteiger partial charge in [-0.15, -0.1) is 0 Å². The summed E-state index contributed by atoms with van der Waals surface area (Å²) >= 11 is 0. The maximum absolute atomic E-state index is 13.3. The number of hydrogen-bond acceptors (Lipinski definition) is 6. The van der Waals surface area contributed by atoms with Crippen molar-refractivity contribution in [2.45, 2.75) is 6.54 Å². The molecule has 4 rings (SSSR count). The molecule has 1 aromatic carbocycles. The largest absolute Gasteiger partial charge is 0.352 e. The van der Waals surface area contributed by atoms with Crippen molar-refractivity contribution in [1.29, 1.82) is 5.26 Å². The molecule has 0 radical (unpaired) electrons. The minimum Gasteiger partial charge on any atom is -0.352 e. The molecule has 136 valence electrons. The standard InChI is InChI=1S/C19H17FN6O/c20-15-2-1-13-9-14(19(27)24-16(13)10-15)12-25-5-7-26(8-6-25)18-17(11-21)22-3-4-23-18/h1-4,9-10H,5-8,12H2,(H,24,27). The van der Waals surface area contributed by atoms with Gasteiger partial charge in [0.25, 0.3) is 5.56 Å². The number of benzene rings is 1. The minimum atomic E-state index is -0.372. The quantitative estimate of drug-likeness (QED) is 0.760. The minimum absolute atomic E-state index is 0.198. The Morgan fingerprint density at radius 3 is 2.70 bits per heavy atom. The van der Waals surface area contributed by atoms with E-state index in [-0.39, 0.29) is 11.4 Å². The van der Waals surface area contributed by atoms with Gasteiger partial charge in [0.2, 0.25) is 0 Å². The van der Waals surface area contributed by atoms with Crippen LogP contribution < -0.4 is 10.5 Å². The summed E-state index contributed by atoms with van der Waals surface area (Å²) in [5, 5.41) is 9.99. The van der Waals surface area contributed by atoms with Crippen molar-refractivity contribution in [3.05, 3.63) is 64.1 Å². The average molecular weight is 364 g/mol. The molecule has 27 heavy (non-hydrogen) atoms.